The molecule has 1 fully saturated rings. The maximum absolute atomic E-state index is 14.1. The Balaban J connectivity index is 2.03. The monoisotopic (exact) mass is 281 g/mol. The third-order valence-corrected chi connectivity index (χ3v) is 4.11. The Labute approximate surface area is 120 Å². The van der Waals surface area contributed by atoms with Gasteiger partial charge < -0.3 is 14.7 Å². The lowest BCUT2D eigenvalue weighted by Crippen LogP contribution is -2.45. The van der Waals surface area contributed by atoms with Crippen molar-refractivity contribution in [3.63, 3.8) is 0 Å². The number of halogens is 1. The molecule has 20 heavy (non-hydrogen) atoms. The van der Waals surface area contributed by atoms with E-state index in [9.17, 15) is 9.50 Å². The summed E-state index contributed by atoms with van der Waals surface area (Å²) in [6.07, 6.45) is 2.88. The van der Waals surface area contributed by atoms with Crippen LogP contribution in [0.25, 0.3) is 0 Å². The summed E-state index contributed by atoms with van der Waals surface area (Å²) in [7, 11) is 1.46. The predicted octanol–water partition coefficient (Wildman–Crippen LogP) is 2.61. The fourth-order valence-corrected chi connectivity index (χ4v) is 2.89. The average molecular weight is 281 g/mol. The molecule has 2 rings (SSSR count). The van der Waals surface area contributed by atoms with Gasteiger partial charge in [0.2, 0.25) is 0 Å². The first kappa shape index (κ1) is 15.3. The number of hydrogen-bond donors (Lipinski definition) is 1. The normalized spacial score (nSPS) is 19.0. The maximum Gasteiger partial charge on any atom is 0.168 e. The van der Waals surface area contributed by atoms with E-state index >= 15 is 0 Å². The Bertz CT molecular complexity index is 442. The number of nitrogens with zero attached hydrogens (tertiary/aromatic N) is 1. The molecule has 1 aromatic carbocycles. The van der Waals surface area contributed by atoms with Crippen LogP contribution in [-0.4, -0.2) is 42.4 Å². The van der Waals surface area contributed by atoms with E-state index < -0.39 is 5.60 Å². The number of aliphatic hydroxyl groups is 1. The lowest BCUT2D eigenvalue weighted by Gasteiger charge is -2.38. The van der Waals surface area contributed by atoms with Crippen molar-refractivity contribution in [2.24, 2.45) is 0 Å². The quantitative estimate of drug-likeness (QED) is 0.900. The van der Waals surface area contributed by atoms with Gasteiger partial charge in [0, 0.05) is 19.5 Å². The van der Waals surface area contributed by atoms with E-state index in [0.717, 1.165) is 26.1 Å². The minimum absolute atomic E-state index is 0.245. The van der Waals surface area contributed by atoms with E-state index in [1.54, 1.807) is 18.2 Å². The third-order valence-electron chi connectivity index (χ3n) is 4.11. The molecular weight excluding hydrogens is 257 g/mol. The van der Waals surface area contributed by atoms with Crippen molar-refractivity contribution in [1.29, 1.82) is 0 Å². The zero-order valence-electron chi connectivity index (χ0n) is 12.4. The number of ether oxygens (including phenoxy) is 1. The van der Waals surface area contributed by atoms with Crippen molar-refractivity contribution in [1.82, 2.24) is 4.90 Å². The Morgan fingerprint density at radius 2 is 2.05 bits per heavy atom. The van der Waals surface area contributed by atoms with Gasteiger partial charge in [-0.25, -0.2) is 4.39 Å². The van der Waals surface area contributed by atoms with Crippen LogP contribution in [0.15, 0.2) is 18.2 Å². The number of likely N-dealkylation sites (tertiary alicyclic amines) is 1. The number of piperidine rings is 1. The molecule has 1 heterocycles. The third kappa shape index (κ3) is 3.49. The minimum Gasteiger partial charge on any atom is -0.494 e. The molecule has 0 atom stereocenters. The van der Waals surface area contributed by atoms with Gasteiger partial charge in [0.15, 0.2) is 11.6 Å². The topological polar surface area (TPSA) is 32.7 Å². The first-order valence-electron chi connectivity index (χ1n) is 7.34. The SMILES string of the molecule is CCCN1CCC(O)(Cc2cccc(OC)c2F)CC1. The summed E-state index contributed by atoms with van der Waals surface area (Å²) in [6.45, 7) is 5.00. The Morgan fingerprint density at radius 1 is 1.35 bits per heavy atom. The summed E-state index contributed by atoms with van der Waals surface area (Å²) in [5.41, 5.74) is -0.256. The van der Waals surface area contributed by atoms with Crippen molar-refractivity contribution in [3.05, 3.63) is 29.6 Å². The molecular formula is C16H24FNO2. The van der Waals surface area contributed by atoms with E-state index in [1.165, 1.54) is 7.11 Å². The molecule has 0 radical (unpaired) electrons. The molecule has 1 aliphatic rings. The zero-order valence-corrected chi connectivity index (χ0v) is 12.4. The second-order valence-electron chi connectivity index (χ2n) is 5.68. The van der Waals surface area contributed by atoms with Crippen molar-refractivity contribution in [3.8, 4) is 5.75 Å². The second-order valence-corrected chi connectivity index (χ2v) is 5.68. The summed E-state index contributed by atoms with van der Waals surface area (Å²) in [5.74, 6) is -0.103. The number of methoxy groups -OCH3 is 1. The van der Waals surface area contributed by atoms with E-state index in [0.29, 0.717) is 24.8 Å². The van der Waals surface area contributed by atoms with Crippen LogP contribution in [0.3, 0.4) is 0 Å². The molecule has 1 N–H and O–H groups in total. The van der Waals surface area contributed by atoms with Crippen LogP contribution < -0.4 is 4.74 Å². The van der Waals surface area contributed by atoms with E-state index in [1.807, 2.05) is 0 Å². The summed E-state index contributed by atoms with van der Waals surface area (Å²) in [5, 5.41) is 10.7. The van der Waals surface area contributed by atoms with Crippen LogP contribution >= 0.6 is 0 Å². The molecule has 0 unspecified atom stereocenters. The van der Waals surface area contributed by atoms with Crippen molar-refractivity contribution < 1.29 is 14.2 Å². The molecule has 0 spiro atoms. The number of rotatable bonds is 5. The number of benzene rings is 1. The van der Waals surface area contributed by atoms with Crippen LogP contribution in [0.2, 0.25) is 0 Å². The standard InChI is InChI=1S/C16H24FNO2/c1-3-9-18-10-7-16(19,8-11-18)12-13-5-4-6-14(20-2)15(13)17/h4-6,19H,3,7-12H2,1-2H3. The maximum atomic E-state index is 14.1. The van der Waals surface area contributed by atoms with Gasteiger partial charge in [0.05, 0.1) is 12.7 Å². The highest BCUT2D eigenvalue weighted by Crippen LogP contribution is 2.29. The van der Waals surface area contributed by atoms with E-state index in [2.05, 4.69) is 11.8 Å². The molecule has 1 saturated heterocycles. The van der Waals surface area contributed by atoms with Gasteiger partial charge >= 0.3 is 0 Å². The van der Waals surface area contributed by atoms with Crippen molar-refractivity contribution >= 4 is 0 Å². The average Bonchev–Trinajstić information content (AvgIpc) is 2.44. The number of hydrogen-bond acceptors (Lipinski definition) is 3. The van der Waals surface area contributed by atoms with Crippen LogP contribution in [0.1, 0.15) is 31.7 Å². The molecule has 112 valence electrons. The van der Waals surface area contributed by atoms with Crippen molar-refractivity contribution in [2.75, 3.05) is 26.7 Å². The van der Waals surface area contributed by atoms with Gasteiger partial charge in [-0.1, -0.05) is 19.1 Å². The Morgan fingerprint density at radius 3 is 2.65 bits per heavy atom. The fourth-order valence-electron chi connectivity index (χ4n) is 2.89. The molecule has 0 saturated carbocycles. The molecule has 1 aromatic rings. The second kappa shape index (κ2) is 6.55. The predicted molar refractivity (Wildman–Crippen MR) is 77.6 cm³/mol. The summed E-state index contributed by atoms with van der Waals surface area (Å²) in [4.78, 5) is 2.36. The van der Waals surface area contributed by atoms with Gasteiger partial charge in [0.1, 0.15) is 0 Å². The molecule has 0 aromatic heterocycles. The summed E-state index contributed by atoms with van der Waals surface area (Å²) < 4.78 is 19.1. The summed E-state index contributed by atoms with van der Waals surface area (Å²) >= 11 is 0. The Kier molecular flexibility index (Phi) is 5.00. The van der Waals surface area contributed by atoms with Gasteiger partial charge in [0.25, 0.3) is 0 Å². The highest BCUT2D eigenvalue weighted by molar-refractivity contribution is 5.32. The van der Waals surface area contributed by atoms with Gasteiger partial charge in [-0.2, -0.15) is 0 Å². The van der Waals surface area contributed by atoms with Gasteiger partial charge in [-0.3, -0.25) is 0 Å². The zero-order chi connectivity index (χ0) is 14.6. The minimum atomic E-state index is -0.794. The van der Waals surface area contributed by atoms with E-state index in [-0.39, 0.29) is 11.6 Å². The van der Waals surface area contributed by atoms with Crippen LogP contribution in [0, 0.1) is 5.82 Å². The molecule has 0 aliphatic carbocycles. The largest absolute Gasteiger partial charge is 0.494 e. The molecule has 1 aliphatic heterocycles. The highest BCUT2D eigenvalue weighted by Gasteiger charge is 2.33. The Hall–Kier alpha value is -1.13. The van der Waals surface area contributed by atoms with E-state index in [4.69, 9.17) is 4.74 Å². The fraction of sp³-hybridized carbons (Fsp3) is 0.625. The lowest BCUT2D eigenvalue weighted by molar-refractivity contribution is -0.0211. The van der Waals surface area contributed by atoms with Crippen LogP contribution in [-0.2, 0) is 6.42 Å². The van der Waals surface area contributed by atoms with Crippen LogP contribution in [0.4, 0.5) is 4.39 Å². The van der Waals surface area contributed by atoms with Gasteiger partial charge in [-0.05, 0) is 37.4 Å². The van der Waals surface area contributed by atoms with Crippen molar-refractivity contribution in [2.45, 2.75) is 38.2 Å². The first-order valence-corrected chi connectivity index (χ1v) is 7.34. The summed E-state index contributed by atoms with van der Waals surface area (Å²) in [6, 6.07) is 5.10. The first-order chi connectivity index (χ1) is 9.58. The highest BCUT2D eigenvalue weighted by atomic mass is 19.1. The molecule has 3 nitrogen and oxygen atoms in total. The molecule has 0 bridgehead atoms. The van der Waals surface area contributed by atoms with Gasteiger partial charge in [-0.15, -0.1) is 0 Å². The smallest absolute Gasteiger partial charge is 0.168 e. The van der Waals surface area contributed by atoms with Crippen LogP contribution in [0.5, 0.6) is 5.75 Å². The lowest BCUT2D eigenvalue weighted by atomic mass is 9.85. The molecule has 4 heteroatoms. The molecule has 0 amide bonds.